The molecule has 4 N–H and O–H groups in total. The monoisotopic (exact) mass is 480 g/mol. The molecule has 1 aliphatic carbocycles. The maximum Gasteiger partial charge on any atom is 0.274 e. The molecule has 33 heavy (non-hydrogen) atoms. The van der Waals surface area contributed by atoms with E-state index in [4.69, 9.17) is 19.8 Å². The van der Waals surface area contributed by atoms with Gasteiger partial charge < -0.3 is 20.5 Å². The summed E-state index contributed by atoms with van der Waals surface area (Å²) in [7, 11) is -0.855. The van der Waals surface area contributed by atoms with E-state index >= 15 is 0 Å². The molecule has 0 aliphatic heterocycles. The van der Waals surface area contributed by atoms with Crippen molar-refractivity contribution in [2.24, 2.45) is 0 Å². The van der Waals surface area contributed by atoms with Crippen molar-refractivity contribution in [1.82, 2.24) is 25.7 Å². The Hall–Kier alpha value is -3.65. The number of carbonyl (C=O) groups is 1. The molecule has 1 saturated carbocycles. The fourth-order valence-electron chi connectivity index (χ4n) is 2.87. The maximum absolute atomic E-state index is 14.8. The minimum absolute atomic E-state index is 0.00866. The first-order valence-electron chi connectivity index (χ1n) is 9.47. The molecule has 1 aliphatic rings. The molecule has 0 saturated heterocycles. The molecule has 1 amide bonds. The predicted molar refractivity (Wildman–Crippen MR) is 116 cm³/mol. The Balaban J connectivity index is 0.000000555. The molecule has 0 atom stereocenters. The third-order valence-electron chi connectivity index (χ3n) is 4.46. The van der Waals surface area contributed by atoms with Gasteiger partial charge in [-0.3, -0.25) is 9.35 Å². The highest BCUT2D eigenvalue weighted by molar-refractivity contribution is 7.85. The van der Waals surface area contributed by atoms with E-state index < -0.39 is 21.8 Å². The normalized spacial score (nSPS) is 13.1. The summed E-state index contributed by atoms with van der Waals surface area (Å²) in [5.74, 6) is -0.716. The van der Waals surface area contributed by atoms with Crippen molar-refractivity contribution in [3.05, 3.63) is 29.7 Å². The largest absolute Gasteiger partial charge is 0.480 e. The number of hydrogen-bond donors (Lipinski definition) is 3. The second-order valence-electron chi connectivity index (χ2n) is 7.07. The molecule has 176 valence electrons. The van der Waals surface area contributed by atoms with Crippen LogP contribution in [-0.2, 0) is 10.1 Å². The molecule has 3 aromatic rings. The molecule has 2 heterocycles. The Morgan fingerprint density at radius 2 is 1.85 bits per heavy atom. The van der Waals surface area contributed by atoms with E-state index in [0.29, 0.717) is 11.6 Å². The van der Waals surface area contributed by atoms with Crippen LogP contribution < -0.4 is 20.5 Å². The van der Waals surface area contributed by atoms with E-state index in [9.17, 15) is 17.6 Å². The summed E-state index contributed by atoms with van der Waals surface area (Å²) in [6, 6.07) is 4.33. The van der Waals surface area contributed by atoms with Gasteiger partial charge in [0.05, 0.1) is 37.3 Å². The van der Waals surface area contributed by atoms with E-state index in [1.165, 1.54) is 32.4 Å². The molecule has 0 spiro atoms. The van der Waals surface area contributed by atoms with Crippen LogP contribution in [0, 0.1) is 5.82 Å². The topological polar surface area (TPSA) is 180 Å². The smallest absolute Gasteiger partial charge is 0.274 e. The maximum atomic E-state index is 14.8. The van der Waals surface area contributed by atoms with Crippen molar-refractivity contribution >= 4 is 32.6 Å². The van der Waals surface area contributed by atoms with E-state index in [0.717, 1.165) is 12.8 Å². The third-order valence-corrected chi connectivity index (χ3v) is 4.46. The number of benzene rings is 1. The lowest BCUT2D eigenvalue weighted by atomic mass is 10.0. The Morgan fingerprint density at radius 3 is 2.42 bits per heavy atom. The molecule has 14 heteroatoms. The Morgan fingerprint density at radius 1 is 1.18 bits per heavy atom. The molecule has 1 fully saturated rings. The first-order valence-corrected chi connectivity index (χ1v) is 11.3. The van der Waals surface area contributed by atoms with Crippen LogP contribution in [0.4, 0.5) is 10.1 Å². The lowest BCUT2D eigenvalue weighted by molar-refractivity contribution is 0.0946. The SMILES string of the molecule is COc1cc(-c2c(F)ccc3c(N)c(C(=O)NC4CC4)nnc23)c(OC)nn1.CS(=O)(=O)O. The standard InChI is InChI=1S/C18H17FN6O3.CH4O3S/c1-27-12-7-10(18(28-2)25-22-12)13-11(19)6-5-9-14(20)16(24-23-15(9)13)17(26)21-8-3-4-8;1-5(2,3)4/h5-8H,3-4H2,1-2H3,(H2,20,23)(H,21,26);1H3,(H,2,3,4). The molecular formula is C19H21FN6O6S. The van der Waals surface area contributed by atoms with Gasteiger partial charge in [-0.15, -0.1) is 20.4 Å². The number of halogens is 1. The van der Waals surface area contributed by atoms with Crippen molar-refractivity contribution in [2.75, 3.05) is 26.2 Å². The van der Waals surface area contributed by atoms with E-state index in [1.54, 1.807) is 0 Å². The zero-order valence-electron chi connectivity index (χ0n) is 17.9. The number of aromatic nitrogens is 4. The van der Waals surface area contributed by atoms with Crippen molar-refractivity contribution in [3.8, 4) is 22.9 Å². The van der Waals surface area contributed by atoms with Gasteiger partial charge in [-0.25, -0.2) is 4.39 Å². The number of methoxy groups -OCH3 is 2. The summed E-state index contributed by atoms with van der Waals surface area (Å²) < 4.78 is 51.0. The first-order chi connectivity index (χ1) is 15.5. The quantitative estimate of drug-likeness (QED) is 0.447. The highest BCUT2D eigenvalue weighted by atomic mass is 32.2. The number of amides is 1. The van der Waals surface area contributed by atoms with Crippen LogP contribution in [0.2, 0.25) is 0 Å². The van der Waals surface area contributed by atoms with Crippen LogP contribution in [-0.4, -0.2) is 65.8 Å². The molecule has 12 nitrogen and oxygen atoms in total. The highest BCUT2D eigenvalue weighted by Gasteiger charge is 2.27. The van der Waals surface area contributed by atoms with Crippen LogP contribution in [0.15, 0.2) is 18.2 Å². The average Bonchev–Trinajstić information content (AvgIpc) is 3.56. The predicted octanol–water partition coefficient (Wildman–Crippen LogP) is 1.22. The molecule has 4 rings (SSSR count). The van der Waals surface area contributed by atoms with E-state index in [2.05, 4.69) is 25.7 Å². The zero-order valence-corrected chi connectivity index (χ0v) is 18.7. The lowest BCUT2D eigenvalue weighted by Gasteiger charge is -2.13. The number of hydrogen-bond acceptors (Lipinski definition) is 10. The average molecular weight is 480 g/mol. The van der Waals surface area contributed by atoms with Gasteiger partial charge >= 0.3 is 0 Å². The van der Waals surface area contributed by atoms with Gasteiger partial charge in [0.15, 0.2) is 5.69 Å². The summed E-state index contributed by atoms with van der Waals surface area (Å²) in [4.78, 5) is 12.3. The van der Waals surface area contributed by atoms with Gasteiger partial charge in [0.25, 0.3) is 16.0 Å². The van der Waals surface area contributed by atoms with Gasteiger partial charge in [0.2, 0.25) is 11.8 Å². The minimum Gasteiger partial charge on any atom is -0.480 e. The lowest BCUT2D eigenvalue weighted by Crippen LogP contribution is -2.27. The van der Waals surface area contributed by atoms with Crippen molar-refractivity contribution in [1.29, 1.82) is 0 Å². The minimum atomic E-state index is -3.67. The number of carbonyl (C=O) groups excluding carboxylic acids is 1. The van der Waals surface area contributed by atoms with Crippen LogP contribution >= 0.6 is 0 Å². The Labute approximate surface area is 188 Å². The number of nitrogens with zero attached hydrogens (tertiary/aromatic N) is 4. The fourth-order valence-corrected chi connectivity index (χ4v) is 2.87. The molecule has 0 unspecified atom stereocenters. The first kappa shape index (κ1) is 24.0. The molecular weight excluding hydrogens is 459 g/mol. The zero-order chi connectivity index (χ0) is 24.3. The van der Waals surface area contributed by atoms with Crippen molar-refractivity contribution in [3.63, 3.8) is 0 Å². The van der Waals surface area contributed by atoms with Crippen LogP contribution in [0.5, 0.6) is 11.8 Å². The molecule has 1 aromatic carbocycles. The van der Waals surface area contributed by atoms with Crippen molar-refractivity contribution < 1.29 is 31.6 Å². The summed E-state index contributed by atoms with van der Waals surface area (Å²) in [6.45, 7) is 0. The Bertz CT molecular complexity index is 1310. The van der Waals surface area contributed by atoms with E-state index in [1.807, 2.05) is 0 Å². The van der Waals surface area contributed by atoms with Crippen LogP contribution in [0.3, 0.4) is 0 Å². The molecule has 0 bridgehead atoms. The van der Waals surface area contributed by atoms with Gasteiger partial charge in [-0.05, 0) is 25.0 Å². The summed E-state index contributed by atoms with van der Waals surface area (Å²) in [5, 5.41) is 19.0. The second-order valence-corrected chi connectivity index (χ2v) is 8.54. The van der Waals surface area contributed by atoms with Gasteiger partial charge in [-0.2, -0.15) is 8.42 Å². The number of ether oxygens (including phenoxy) is 2. The summed E-state index contributed by atoms with van der Waals surface area (Å²) in [5.41, 5.74) is 6.83. The number of anilines is 1. The summed E-state index contributed by atoms with van der Waals surface area (Å²) in [6.07, 6.45) is 2.57. The summed E-state index contributed by atoms with van der Waals surface area (Å²) >= 11 is 0. The Kier molecular flexibility index (Phi) is 6.88. The van der Waals surface area contributed by atoms with Crippen LogP contribution in [0.25, 0.3) is 22.0 Å². The highest BCUT2D eigenvalue weighted by Crippen LogP contribution is 2.38. The van der Waals surface area contributed by atoms with Gasteiger partial charge in [0, 0.05) is 17.5 Å². The fraction of sp³-hybridized carbons (Fsp3) is 0.316. The number of nitrogen functional groups attached to an aromatic ring is 1. The molecule has 0 radical (unpaired) electrons. The number of rotatable bonds is 5. The number of nitrogens with one attached hydrogen (secondary N) is 1. The number of fused-ring (bicyclic) bond motifs is 1. The van der Waals surface area contributed by atoms with E-state index in [-0.39, 0.29) is 45.8 Å². The molecule has 2 aromatic heterocycles. The number of nitrogens with two attached hydrogens (primary N) is 1. The van der Waals surface area contributed by atoms with Crippen molar-refractivity contribution in [2.45, 2.75) is 18.9 Å². The van der Waals surface area contributed by atoms with Gasteiger partial charge in [0.1, 0.15) is 11.3 Å². The third kappa shape index (κ3) is 5.78. The second kappa shape index (κ2) is 9.46. The van der Waals surface area contributed by atoms with Gasteiger partial charge in [-0.1, -0.05) is 0 Å². The van der Waals surface area contributed by atoms with Crippen LogP contribution in [0.1, 0.15) is 23.3 Å².